The van der Waals surface area contributed by atoms with Crippen molar-refractivity contribution in [2.75, 3.05) is 23.7 Å². The molecule has 6 nitrogen and oxygen atoms in total. The Morgan fingerprint density at radius 3 is 2.29 bits per heavy atom. The molecule has 0 radical (unpaired) electrons. The van der Waals surface area contributed by atoms with Gasteiger partial charge >= 0.3 is 0 Å². The monoisotopic (exact) mass is 293 g/mol. The number of primary amides is 1. The van der Waals surface area contributed by atoms with Crippen LogP contribution in [0.5, 0.6) is 0 Å². The van der Waals surface area contributed by atoms with Gasteiger partial charge in [-0.2, -0.15) is 4.98 Å². The molecule has 1 rings (SSSR count). The summed E-state index contributed by atoms with van der Waals surface area (Å²) in [5, 5.41) is 6.35. The van der Waals surface area contributed by atoms with Crippen molar-refractivity contribution < 1.29 is 4.79 Å². The molecule has 1 aromatic rings. The number of rotatable bonds is 11. The highest BCUT2D eigenvalue weighted by molar-refractivity contribution is 5.97. The first-order valence-electron chi connectivity index (χ1n) is 7.83. The molecule has 0 saturated heterocycles. The number of nitrogens with two attached hydrogens (primary N) is 1. The number of aromatic nitrogens is 2. The fraction of sp³-hybridized carbons (Fsp3) is 0.667. The van der Waals surface area contributed by atoms with Crippen LogP contribution >= 0.6 is 0 Å². The molecule has 118 valence electrons. The summed E-state index contributed by atoms with van der Waals surface area (Å²) in [4.78, 5) is 19.9. The first-order valence-corrected chi connectivity index (χ1v) is 7.83. The van der Waals surface area contributed by atoms with E-state index in [-0.39, 0.29) is 0 Å². The van der Waals surface area contributed by atoms with Gasteiger partial charge in [-0.05, 0) is 12.8 Å². The molecule has 0 spiro atoms. The van der Waals surface area contributed by atoms with Crippen LogP contribution in [0.4, 0.5) is 11.8 Å². The van der Waals surface area contributed by atoms with E-state index in [2.05, 4.69) is 34.4 Å². The summed E-state index contributed by atoms with van der Waals surface area (Å²) in [6.45, 7) is 5.92. The molecule has 0 bridgehead atoms. The zero-order valence-electron chi connectivity index (χ0n) is 13.1. The van der Waals surface area contributed by atoms with Crippen molar-refractivity contribution in [2.24, 2.45) is 5.73 Å². The predicted octanol–water partition coefficient (Wildman–Crippen LogP) is 2.78. The van der Waals surface area contributed by atoms with Crippen LogP contribution in [0.1, 0.15) is 62.7 Å². The Morgan fingerprint density at radius 1 is 1.10 bits per heavy atom. The lowest BCUT2D eigenvalue weighted by Crippen LogP contribution is -2.18. The fourth-order valence-electron chi connectivity index (χ4n) is 1.94. The quantitative estimate of drug-likeness (QED) is 0.545. The summed E-state index contributed by atoms with van der Waals surface area (Å²) in [5.41, 5.74) is 5.69. The first-order chi connectivity index (χ1) is 10.2. The van der Waals surface area contributed by atoms with Crippen LogP contribution in [0.3, 0.4) is 0 Å². The molecule has 4 N–H and O–H groups in total. The van der Waals surface area contributed by atoms with Gasteiger partial charge in [-0.15, -0.1) is 0 Å². The molecule has 0 aliphatic carbocycles. The summed E-state index contributed by atoms with van der Waals surface area (Å²) in [6, 6.07) is 0. The van der Waals surface area contributed by atoms with Crippen LogP contribution in [-0.4, -0.2) is 29.0 Å². The van der Waals surface area contributed by atoms with Crippen LogP contribution in [0, 0.1) is 0 Å². The molecule has 0 unspecified atom stereocenters. The highest BCUT2D eigenvalue weighted by atomic mass is 16.1. The number of carbonyl (C=O) groups excluding carboxylic acids is 1. The van der Waals surface area contributed by atoms with E-state index >= 15 is 0 Å². The third-order valence-corrected chi connectivity index (χ3v) is 3.19. The Hall–Kier alpha value is -1.85. The van der Waals surface area contributed by atoms with Crippen LogP contribution in [0.25, 0.3) is 0 Å². The van der Waals surface area contributed by atoms with Crippen molar-refractivity contribution in [3.8, 4) is 0 Å². The lowest BCUT2D eigenvalue weighted by molar-refractivity contribution is 0.100. The minimum atomic E-state index is -0.509. The van der Waals surface area contributed by atoms with Gasteiger partial charge in [0.05, 0.1) is 5.56 Å². The normalized spacial score (nSPS) is 10.4. The maximum atomic E-state index is 11.4. The smallest absolute Gasteiger partial charge is 0.254 e. The van der Waals surface area contributed by atoms with E-state index in [1.54, 1.807) is 0 Å². The number of unbranched alkanes of at least 4 members (excludes halogenated alkanes) is 4. The van der Waals surface area contributed by atoms with E-state index in [0.717, 1.165) is 38.8 Å². The topological polar surface area (TPSA) is 92.9 Å². The second kappa shape index (κ2) is 9.96. The van der Waals surface area contributed by atoms with Gasteiger partial charge in [0.15, 0.2) is 0 Å². The predicted molar refractivity (Wildman–Crippen MR) is 86.6 cm³/mol. The molecular formula is C15H27N5O. The molecule has 6 heteroatoms. The van der Waals surface area contributed by atoms with Crippen LogP contribution in [-0.2, 0) is 0 Å². The second-order valence-electron chi connectivity index (χ2n) is 5.09. The van der Waals surface area contributed by atoms with E-state index in [1.807, 2.05) is 0 Å². The van der Waals surface area contributed by atoms with E-state index in [9.17, 15) is 4.79 Å². The van der Waals surface area contributed by atoms with Crippen LogP contribution in [0.2, 0.25) is 0 Å². The average Bonchev–Trinajstić information content (AvgIpc) is 2.48. The molecule has 0 aromatic carbocycles. The van der Waals surface area contributed by atoms with Crippen molar-refractivity contribution in [2.45, 2.75) is 52.4 Å². The van der Waals surface area contributed by atoms with E-state index in [0.29, 0.717) is 17.3 Å². The van der Waals surface area contributed by atoms with Gasteiger partial charge in [0.1, 0.15) is 5.82 Å². The number of hydrogen-bond acceptors (Lipinski definition) is 5. The van der Waals surface area contributed by atoms with Gasteiger partial charge in [0.25, 0.3) is 5.91 Å². The highest BCUT2D eigenvalue weighted by Gasteiger charge is 2.11. The Bertz CT molecular complexity index is 436. The molecule has 0 atom stereocenters. The van der Waals surface area contributed by atoms with Crippen molar-refractivity contribution in [1.82, 2.24) is 9.97 Å². The first kappa shape index (κ1) is 17.2. The molecule has 0 aliphatic heterocycles. The van der Waals surface area contributed by atoms with Gasteiger partial charge in [-0.25, -0.2) is 4.98 Å². The molecule has 1 aromatic heterocycles. The number of hydrogen-bond donors (Lipinski definition) is 3. The summed E-state index contributed by atoms with van der Waals surface area (Å²) >= 11 is 0. The van der Waals surface area contributed by atoms with Gasteiger partial charge in [0.2, 0.25) is 5.95 Å². The van der Waals surface area contributed by atoms with Crippen molar-refractivity contribution in [3.63, 3.8) is 0 Å². The summed E-state index contributed by atoms with van der Waals surface area (Å²) < 4.78 is 0. The molecule has 0 fully saturated rings. The van der Waals surface area contributed by atoms with Gasteiger partial charge < -0.3 is 16.4 Å². The Morgan fingerprint density at radius 2 is 1.71 bits per heavy atom. The van der Waals surface area contributed by atoms with Crippen molar-refractivity contribution in [1.29, 1.82) is 0 Å². The molecule has 1 amide bonds. The molecule has 1 heterocycles. The third kappa shape index (κ3) is 6.42. The van der Waals surface area contributed by atoms with Gasteiger partial charge in [0, 0.05) is 19.3 Å². The molecular weight excluding hydrogens is 266 g/mol. The van der Waals surface area contributed by atoms with E-state index in [4.69, 9.17) is 5.73 Å². The summed E-state index contributed by atoms with van der Waals surface area (Å²) in [6.07, 6.45) is 8.25. The Kier molecular flexibility index (Phi) is 8.16. The fourth-order valence-corrected chi connectivity index (χ4v) is 1.94. The molecule has 0 saturated carbocycles. The molecule has 0 aliphatic rings. The molecule has 21 heavy (non-hydrogen) atoms. The lowest BCUT2D eigenvalue weighted by atomic mass is 10.2. The van der Waals surface area contributed by atoms with Crippen molar-refractivity contribution >= 4 is 17.7 Å². The van der Waals surface area contributed by atoms with E-state index in [1.165, 1.54) is 19.0 Å². The number of nitrogens with zero attached hydrogens (tertiary/aromatic N) is 2. The number of anilines is 2. The maximum Gasteiger partial charge on any atom is 0.254 e. The maximum absolute atomic E-state index is 11.4. The minimum Gasteiger partial charge on any atom is -0.369 e. The average molecular weight is 293 g/mol. The standard InChI is InChI=1S/C15H27N5O/c1-3-5-7-9-17-14-12(13(16)21)11-19-15(20-14)18-10-8-6-4-2/h11H,3-10H2,1-2H3,(H2,16,21)(H2,17,18,19,20). The summed E-state index contributed by atoms with van der Waals surface area (Å²) in [5.74, 6) is 0.547. The Labute approximate surface area is 126 Å². The van der Waals surface area contributed by atoms with Crippen molar-refractivity contribution in [3.05, 3.63) is 11.8 Å². The Balaban J connectivity index is 2.64. The van der Waals surface area contributed by atoms with Crippen LogP contribution < -0.4 is 16.4 Å². The number of nitrogens with one attached hydrogen (secondary N) is 2. The third-order valence-electron chi connectivity index (χ3n) is 3.19. The van der Waals surface area contributed by atoms with Gasteiger partial charge in [-0.3, -0.25) is 4.79 Å². The summed E-state index contributed by atoms with van der Waals surface area (Å²) in [7, 11) is 0. The zero-order valence-corrected chi connectivity index (χ0v) is 13.1. The minimum absolute atomic E-state index is 0.339. The van der Waals surface area contributed by atoms with E-state index < -0.39 is 5.91 Å². The highest BCUT2D eigenvalue weighted by Crippen LogP contribution is 2.14. The largest absolute Gasteiger partial charge is 0.369 e. The second-order valence-corrected chi connectivity index (χ2v) is 5.09. The SMILES string of the molecule is CCCCCNc1ncc(C(N)=O)c(NCCCCC)n1. The van der Waals surface area contributed by atoms with Crippen LogP contribution in [0.15, 0.2) is 6.20 Å². The van der Waals surface area contributed by atoms with Gasteiger partial charge in [-0.1, -0.05) is 39.5 Å². The number of amides is 1. The lowest BCUT2D eigenvalue weighted by Gasteiger charge is -2.11. The zero-order chi connectivity index (χ0) is 15.5. The number of carbonyl (C=O) groups is 1.